The second kappa shape index (κ2) is 9.57. The summed E-state index contributed by atoms with van der Waals surface area (Å²) >= 11 is 0. The Bertz CT molecular complexity index is 410. The molecule has 0 aliphatic rings. The number of unbranched alkanes of at least 4 members (excludes halogenated alkanes) is 6. The van der Waals surface area contributed by atoms with E-state index >= 15 is 0 Å². The number of rotatable bonds is 10. The van der Waals surface area contributed by atoms with Crippen molar-refractivity contribution in [3.05, 3.63) is 29.3 Å². The van der Waals surface area contributed by atoms with Crippen molar-refractivity contribution >= 4 is 5.78 Å². The molecule has 1 aromatic rings. The lowest BCUT2D eigenvalue weighted by molar-refractivity contribution is 0.0985. The lowest BCUT2D eigenvalue weighted by Gasteiger charge is -2.06. The van der Waals surface area contributed by atoms with E-state index in [1.165, 1.54) is 38.5 Å². The zero-order valence-corrected chi connectivity index (χ0v) is 13.0. The van der Waals surface area contributed by atoms with Crippen molar-refractivity contribution in [1.29, 1.82) is 0 Å². The third kappa shape index (κ3) is 5.77. The van der Waals surface area contributed by atoms with Gasteiger partial charge in [0.1, 0.15) is 5.75 Å². The van der Waals surface area contributed by atoms with Gasteiger partial charge in [-0.05, 0) is 30.5 Å². The Balaban J connectivity index is 2.35. The molecule has 0 spiro atoms. The van der Waals surface area contributed by atoms with Gasteiger partial charge in [0.25, 0.3) is 0 Å². The van der Waals surface area contributed by atoms with Crippen LogP contribution in [0, 0.1) is 0 Å². The van der Waals surface area contributed by atoms with Crippen LogP contribution in [0.2, 0.25) is 0 Å². The lowest BCUT2D eigenvalue weighted by Crippen LogP contribution is -1.98. The zero-order valence-electron chi connectivity index (χ0n) is 13.0. The summed E-state index contributed by atoms with van der Waals surface area (Å²) in [6.45, 7) is 4.06. The van der Waals surface area contributed by atoms with Gasteiger partial charge in [-0.3, -0.25) is 4.79 Å². The average Bonchev–Trinajstić information content (AvgIpc) is 2.47. The molecule has 0 bridgehead atoms. The normalized spacial score (nSPS) is 10.7. The van der Waals surface area contributed by atoms with Crippen molar-refractivity contribution in [1.82, 2.24) is 0 Å². The summed E-state index contributed by atoms with van der Waals surface area (Å²) in [7, 11) is 0. The second-order valence-electron chi connectivity index (χ2n) is 5.50. The summed E-state index contributed by atoms with van der Waals surface area (Å²) < 4.78 is 0. The first-order chi connectivity index (χ1) is 9.69. The summed E-state index contributed by atoms with van der Waals surface area (Å²) in [5, 5.41) is 9.71. The van der Waals surface area contributed by atoms with Crippen molar-refractivity contribution in [2.45, 2.75) is 71.6 Å². The number of benzene rings is 1. The fraction of sp³-hybridized carbons (Fsp3) is 0.611. The number of aryl methyl sites for hydroxylation is 1. The van der Waals surface area contributed by atoms with Crippen LogP contribution in [0.5, 0.6) is 5.75 Å². The Kier molecular flexibility index (Phi) is 8.01. The fourth-order valence-electron chi connectivity index (χ4n) is 2.44. The SMILES string of the molecule is CCCCCCCCCc1ccc(O)c(C(=O)CC)c1. The smallest absolute Gasteiger partial charge is 0.166 e. The van der Waals surface area contributed by atoms with Crippen LogP contribution in [0.15, 0.2) is 18.2 Å². The van der Waals surface area contributed by atoms with E-state index in [-0.39, 0.29) is 11.5 Å². The summed E-state index contributed by atoms with van der Waals surface area (Å²) in [5.74, 6) is 0.129. The highest BCUT2D eigenvalue weighted by Gasteiger charge is 2.09. The van der Waals surface area contributed by atoms with Crippen LogP contribution in [0.1, 0.15) is 81.1 Å². The molecule has 0 atom stereocenters. The molecule has 0 aromatic heterocycles. The fourth-order valence-corrected chi connectivity index (χ4v) is 2.44. The van der Waals surface area contributed by atoms with Gasteiger partial charge in [0.2, 0.25) is 0 Å². The first-order valence-electron chi connectivity index (χ1n) is 8.04. The average molecular weight is 276 g/mol. The highest BCUT2D eigenvalue weighted by atomic mass is 16.3. The first-order valence-corrected chi connectivity index (χ1v) is 8.04. The van der Waals surface area contributed by atoms with Gasteiger partial charge in [0, 0.05) is 6.42 Å². The van der Waals surface area contributed by atoms with Crippen LogP contribution < -0.4 is 0 Å². The Morgan fingerprint density at radius 3 is 2.30 bits per heavy atom. The molecular formula is C18H28O2. The zero-order chi connectivity index (χ0) is 14.8. The summed E-state index contributed by atoms with van der Waals surface area (Å²) in [5.41, 5.74) is 1.64. The first kappa shape index (κ1) is 16.7. The van der Waals surface area contributed by atoms with Gasteiger partial charge >= 0.3 is 0 Å². The topological polar surface area (TPSA) is 37.3 Å². The minimum Gasteiger partial charge on any atom is -0.507 e. The van der Waals surface area contributed by atoms with Crippen LogP contribution in [-0.2, 0) is 6.42 Å². The molecule has 20 heavy (non-hydrogen) atoms. The Hall–Kier alpha value is -1.31. The highest BCUT2D eigenvalue weighted by molar-refractivity contribution is 5.98. The minimum absolute atomic E-state index is 0.0175. The molecule has 1 aromatic carbocycles. The predicted molar refractivity (Wildman–Crippen MR) is 84.4 cm³/mol. The summed E-state index contributed by atoms with van der Waals surface area (Å²) in [6, 6.07) is 5.44. The third-order valence-electron chi connectivity index (χ3n) is 3.75. The predicted octanol–water partition coefficient (Wildman–Crippen LogP) is 5.28. The van der Waals surface area contributed by atoms with Gasteiger partial charge in [-0.1, -0.05) is 58.4 Å². The van der Waals surface area contributed by atoms with Gasteiger partial charge in [0.15, 0.2) is 5.78 Å². The van der Waals surface area contributed by atoms with Gasteiger partial charge in [-0.15, -0.1) is 0 Å². The molecule has 0 radical (unpaired) electrons. The van der Waals surface area contributed by atoms with Gasteiger partial charge < -0.3 is 5.11 Å². The van der Waals surface area contributed by atoms with E-state index in [2.05, 4.69) is 6.92 Å². The molecular weight excluding hydrogens is 248 g/mol. The number of hydrogen-bond donors (Lipinski definition) is 1. The number of carbonyl (C=O) groups is 1. The minimum atomic E-state index is 0.0175. The molecule has 2 nitrogen and oxygen atoms in total. The second-order valence-corrected chi connectivity index (χ2v) is 5.50. The van der Waals surface area contributed by atoms with Crippen molar-refractivity contribution in [2.75, 3.05) is 0 Å². The number of aromatic hydroxyl groups is 1. The van der Waals surface area contributed by atoms with Gasteiger partial charge in [-0.25, -0.2) is 0 Å². The standard InChI is InChI=1S/C18H28O2/c1-3-5-6-7-8-9-10-11-15-12-13-18(20)16(14-15)17(19)4-2/h12-14,20H,3-11H2,1-2H3. The van der Waals surface area contributed by atoms with E-state index in [0.717, 1.165) is 18.4 Å². The number of carbonyl (C=O) groups excluding carboxylic acids is 1. The molecule has 0 saturated heterocycles. The number of hydrogen-bond acceptors (Lipinski definition) is 2. The monoisotopic (exact) mass is 276 g/mol. The number of phenols is 1. The van der Waals surface area contributed by atoms with E-state index in [9.17, 15) is 9.90 Å². The quantitative estimate of drug-likeness (QED) is 0.466. The maximum Gasteiger partial charge on any atom is 0.166 e. The van der Waals surface area contributed by atoms with Crippen LogP contribution in [0.3, 0.4) is 0 Å². The van der Waals surface area contributed by atoms with E-state index in [0.29, 0.717) is 12.0 Å². The van der Waals surface area contributed by atoms with Crippen LogP contribution in [-0.4, -0.2) is 10.9 Å². The molecule has 0 unspecified atom stereocenters. The molecule has 0 heterocycles. The van der Waals surface area contributed by atoms with E-state index in [1.54, 1.807) is 6.07 Å². The number of Topliss-reactive ketones (excluding diaryl/α,β-unsaturated/α-hetero) is 1. The molecule has 0 saturated carbocycles. The Morgan fingerprint density at radius 2 is 1.65 bits per heavy atom. The van der Waals surface area contributed by atoms with Crippen LogP contribution in [0.25, 0.3) is 0 Å². The van der Waals surface area contributed by atoms with E-state index < -0.39 is 0 Å². The van der Waals surface area contributed by atoms with Gasteiger partial charge in [0.05, 0.1) is 5.56 Å². The van der Waals surface area contributed by atoms with Crippen molar-refractivity contribution in [2.24, 2.45) is 0 Å². The van der Waals surface area contributed by atoms with Crippen LogP contribution in [0.4, 0.5) is 0 Å². The molecule has 0 aliphatic heterocycles. The Morgan fingerprint density at radius 1 is 1.00 bits per heavy atom. The third-order valence-corrected chi connectivity index (χ3v) is 3.75. The molecule has 2 heteroatoms. The summed E-state index contributed by atoms with van der Waals surface area (Å²) in [6.07, 6.45) is 10.5. The number of phenolic OH excluding ortho intramolecular Hbond substituents is 1. The van der Waals surface area contributed by atoms with E-state index in [1.807, 2.05) is 19.1 Å². The van der Waals surface area contributed by atoms with Crippen molar-refractivity contribution in [3.8, 4) is 5.75 Å². The molecule has 0 aliphatic carbocycles. The van der Waals surface area contributed by atoms with Gasteiger partial charge in [-0.2, -0.15) is 0 Å². The highest BCUT2D eigenvalue weighted by Crippen LogP contribution is 2.21. The van der Waals surface area contributed by atoms with Crippen molar-refractivity contribution < 1.29 is 9.90 Å². The molecule has 112 valence electrons. The lowest BCUT2D eigenvalue weighted by atomic mass is 10.00. The Labute approximate surface area is 123 Å². The van der Waals surface area contributed by atoms with E-state index in [4.69, 9.17) is 0 Å². The molecule has 0 amide bonds. The molecule has 1 N–H and O–H groups in total. The molecule has 0 fully saturated rings. The van der Waals surface area contributed by atoms with Crippen molar-refractivity contribution in [3.63, 3.8) is 0 Å². The maximum absolute atomic E-state index is 11.7. The maximum atomic E-state index is 11.7. The van der Waals surface area contributed by atoms with Crippen LogP contribution >= 0.6 is 0 Å². The molecule has 1 rings (SSSR count). The number of ketones is 1. The summed E-state index contributed by atoms with van der Waals surface area (Å²) in [4.78, 5) is 11.7. The largest absolute Gasteiger partial charge is 0.507 e.